The van der Waals surface area contributed by atoms with Gasteiger partial charge in [-0.3, -0.25) is 4.79 Å². The van der Waals surface area contributed by atoms with Crippen molar-refractivity contribution in [1.82, 2.24) is 14.4 Å². The fourth-order valence-corrected chi connectivity index (χ4v) is 5.64. The van der Waals surface area contributed by atoms with Crippen LogP contribution >= 0.6 is 11.6 Å². The number of rotatable bonds is 5. The Bertz CT molecular complexity index is 1290. The summed E-state index contributed by atoms with van der Waals surface area (Å²) in [7, 11) is 3.07. The molecule has 0 bridgehead atoms. The molecule has 2 saturated heterocycles. The van der Waals surface area contributed by atoms with E-state index >= 15 is 0 Å². The van der Waals surface area contributed by atoms with Gasteiger partial charge in [0.2, 0.25) is 0 Å². The predicted molar refractivity (Wildman–Crippen MR) is 143 cm³/mol. The van der Waals surface area contributed by atoms with Crippen LogP contribution in [0.15, 0.2) is 60.9 Å². The van der Waals surface area contributed by atoms with Gasteiger partial charge in [0.25, 0.3) is 5.91 Å². The number of carbonyl (C=O) groups is 2. The molecular formula is C28H31ClN4O4. The van der Waals surface area contributed by atoms with Crippen molar-refractivity contribution in [3.8, 4) is 17.2 Å². The van der Waals surface area contributed by atoms with E-state index < -0.39 is 0 Å². The summed E-state index contributed by atoms with van der Waals surface area (Å²) in [5, 5.41) is 3.34. The molecule has 9 heteroatoms. The first-order valence-electron chi connectivity index (χ1n) is 12.4. The largest absolute Gasteiger partial charge is 0.495 e. The second-order valence-electron chi connectivity index (χ2n) is 9.69. The summed E-state index contributed by atoms with van der Waals surface area (Å²) >= 11 is 6.26. The highest BCUT2D eigenvalue weighted by atomic mass is 35.5. The summed E-state index contributed by atoms with van der Waals surface area (Å²) < 4.78 is 12.6. The first-order valence-corrected chi connectivity index (χ1v) is 12.8. The molecule has 37 heavy (non-hydrogen) atoms. The summed E-state index contributed by atoms with van der Waals surface area (Å²) in [6.07, 6.45) is 6.55. The fraction of sp³-hybridized carbons (Fsp3) is 0.357. The van der Waals surface area contributed by atoms with Crippen LogP contribution < -0.4 is 14.8 Å². The summed E-state index contributed by atoms with van der Waals surface area (Å²) in [6, 6.07) is 14.7. The average Bonchev–Trinajstić information content (AvgIpc) is 3.60. The Balaban J connectivity index is 1.22. The van der Waals surface area contributed by atoms with Crippen molar-refractivity contribution < 1.29 is 19.1 Å². The lowest BCUT2D eigenvalue weighted by Crippen LogP contribution is -2.45. The smallest absolute Gasteiger partial charge is 0.321 e. The van der Waals surface area contributed by atoms with Gasteiger partial charge >= 0.3 is 6.03 Å². The zero-order chi connectivity index (χ0) is 26.0. The third kappa shape index (κ3) is 4.98. The molecule has 0 unspecified atom stereocenters. The summed E-state index contributed by atoms with van der Waals surface area (Å²) in [4.78, 5) is 30.3. The molecule has 2 fully saturated rings. The van der Waals surface area contributed by atoms with Crippen molar-refractivity contribution in [2.24, 2.45) is 5.41 Å². The topological polar surface area (TPSA) is 76.0 Å². The first kappa shape index (κ1) is 25.0. The second-order valence-corrected chi connectivity index (χ2v) is 10.1. The normalized spacial score (nSPS) is 16.6. The van der Waals surface area contributed by atoms with Gasteiger partial charge < -0.3 is 29.2 Å². The lowest BCUT2D eigenvalue weighted by molar-refractivity contribution is 0.0595. The van der Waals surface area contributed by atoms with Crippen LogP contribution in [0.25, 0.3) is 5.69 Å². The molecule has 0 aliphatic carbocycles. The van der Waals surface area contributed by atoms with Gasteiger partial charge in [-0.15, -0.1) is 0 Å². The molecule has 5 rings (SSSR count). The van der Waals surface area contributed by atoms with Crippen LogP contribution in [-0.2, 0) is 0 Å². The van der Waals surface area contributed by atoms with Gasteiger partial charge in [-0.1, -0.05) is 23.7 Å². The van der Waals surface area contributed by atoms with Crippen LogP contribution in [0.2, 0.25) is 5.02 Å². The minimum atomic E-state index is -0.185. The van der Waals surface area contributed by atoms with Gasteiger partial charge in [0.15, 0.2) is 0 Å². The quantitative estimate of drug-likeness (QED) is 0.493. The Kier molecular flexibility index (Phi) is 7.02. The van der Waals surface area contributed by atoms with E-state index in [0.717, 1.165) is 24.9 Å². The van der Waals surface area contributed by atoms with E-state index in [1.807, 2.05) is 63.2 Å². The number of ether oxygens (including phenoxy) is 2. The summed E-state index contributed by atoms with van der Waals surface area (Å²) in [5.74, 6) is 1.01. The van der Waals surface area contributed by atoms with E-state index in [4.69, 9.17) is 21.1 Å². The zero-order valence-electron chi connectivity index (χ0n) is 21.1. The molecule has 1 aromatic heterocycles. The molecule has 0 saturated carbocycles. The Morgan fingerprint density at radius 2 is 1.54 bits per heavy atom. The molecule has 0 atom stereocenters. The van der Waals surface area contributed by atoms with Gasteiger partial charge in [0.1, 0.15) is 11.5 Å². The highest BCUT2D eigenvalue weighted by Gasteiger charge is 2.43. The molecule has 0 radical (unpaired) electrons. The van der Waals surface area contributed by atoms with E-state index in [1.165, 1.54) is 14.2 Å². The third-order valence-electron chi connectivity index (χ3n) is 7.57. The monoisotopic (exact) mass is 522 g/mol. The number of urea groups is 1. The maximum atomic E-state index is 13.4. The van der Waals surface area contributed by atoms with Crippen LogP contribution in [0.4, 0.5) is 10.5 Å². The van der Waals surface area contributed by atoms with Crippen molar-refractivity contribution >= 4 is 29.2 Å². The molecule has 8 nitrogen and oxygen atoms in total. The maximum absolute atomic E-state index is 13.4. The molecule has 1 N–H and O–H groups in total. The summed E-state index contributed by atoms with van der Waals surface area (Å²) in [5.41, 5.74) is 2.11. The van der Waals surface area contributed by atoms with Gasteiger partial charge in [-0.2, -0.15) is 0 Å². The number of nitrogens with zero attached hydrogens (tertiary/aromatic N) is 3. The number of anilines is 1. The van der Waals surface area contributed by atoms with E-state index in [2.05, 4.69) is 5.32 Å². The SMILES string of the molecule is COc1cc(OC)c(NC(=O)N2CCC3(CCN(C(=O)c4ccccc4-n4cccc4)CC3)C2)cc1Cl. The Morgan fingerprint density at radius 1 is 0.892 bits per heavy atom. The highest BCUT2D eigenvalue weighted by molar-refractivity contribution is 6.32. The van der Waals surface area contributed by atoms with Crippen molar-refractivity contribution in [3.05, 3.63) is 71.5 Å². The number of carbonyl (C=O) groups excluding carboxylic acids is 2. The van der Waals surface area contributed by atoms with Gasteiger partial charge in [0.05, 0.1) is 36.2 Å². The number of nitrogens with one attached hydrogen (secondary N) is 1. The standard InChI is InChI=1S/C28H31ClN4O4/c1-36-24-18-25(37-2)22(17-21(24)29)30-27(35)33-16-11-28(19-33)9-14-32(15-10-28)26(34)20-7-3-4-8-23(20)31-12-5-6-13-31/h3-8,12-13,17-18H,9-11,14-16,19H2,1-2H3,(H,30,35). The van der Waals surface area contributed by atoms with Gasteiger partial charge in [-0.05, 0) is 55.0 Å². The van der Waals surface area contributed by atoms with Crippen LogP contribution in [0, 0.1) is 5.41 Å². The minimum absolute atomic E-state index is 0.0235. The number of aromatic nitrogens is 1. The van der Waals surface area contributed by atoms with Crippen LogP contribution in [0.5, 0.6) is 11.5 Å². The molecule has 2 aliphatic heterocycles. The zero-order valence-corrected chi connectivity index (χ0v) is 21.8. The van der Waals surface area contributed by atoms with E-state index in [1.54, 1.807) is 12.1 Å². The molecule has 1 spiro atoms. The number of amides is 3. The number of para-hydroxylation sites is 1. The van der Waals surface area contributed by atoms with Crippen LogP contribution in [-0.4, -0.2) is 66.7 Å². The van der Waals surface area contributed by atoms with Crippen molar-refractivity contribution in [2.75, 3.05) is 45.7 Å². The van der Waals surface area contributed by atoms with Gasteiger partial charge in [0, 0.05) is 44.6 Å². The molecular weight excluding hydrogens is 492 g/mol. The maximum Gasteiger partial charge on any atom is 0.321 e. The number of benzene rings is 2. The van der Waals surface area contributed by atoms with Crippen LogP contribution in [0.3, 0.4) is 0 Å². The average molecular weight is 523 g/mol. The van der Waals surface area contributed by atoms with E-state index in [9.17, 15) is 9.59 Å². The number of hydrogen-bond donors (Lipinski definition) is 1. The van der Waals surface area contributed by atoms with E-state index in [-0.39, 0.29) is 17.4 Å². The number of halogens is 1. The molecule has 2 aromatic carbocycles. The summed E-state index contributed by atoms with van der Waals surface area (Å²) in [6.45, 7) is 2.68. The second kappa shape index (κ2) is 10.4. The number of likely N-dealkylation sites (tertiary alicyclic amines) is 2. The Labute approximate surface area is 221 Å². The van der Waals surface area contributed by atoms with E-state index in [0.29, 0.717) is 54.0 Å². The Morgan fingerprint density at radius 3 is 2.22 bits per heavy atom. The minimum Gasteiger partial charge on any atom is -0.495 e. The highest BCUT2D eigenvalue weighted by Crippen LogP contribution is 2.41. The fourth-order valence-electron chi connectivity index (χ4n) is 5.40. The number of hydrogen-bond acceptors (Lipinski definition) is 4. The molecule has 194 valence electrons. The van der Waals surface area contributed by atoms with Crippen molar-refractivity contribution in [1.29, 1.82) is 0 Å². The number of piperidine rings is 1. The molecule has 2 aliphatic rings. The van der Waals surface area contributed by atoms with Crippen LogP contribution in [0.1, 0.15) is 29.6 Å². The molecule has 3 heterocycles. The van der Waals surface area contributed by atoms with Crippen molar-refractivity contribution in [3.63, 3.8) is 0 Å². The van der Waals surface area contributed by atoms with Gasteiger partial charge in [-0.25, -0.2) is 4.79 Å². The Hall–Kier alpha value is -3.65. The predicted octanol–water partition coefficient (Wildman–Crippen LogP) is 5.31. The molecule has 3 aromatic rings. The lowest BCUT2D eigenvalue weighted by atomic mass is 9.77. The lowest BCUT2D eigenvalue weighted by Gasteiger charge is -2.39. The van der Waals surface area contributed by atoms with Crippen molar-refractivity contribution in [2.45, 2.75) is 19.3 Å². The number of methoxy groups -OCH3 is 2. The third-order valence-corrected chi connectivity index (χ3v) is 7.86. The molecule has 3 amide bonds. The first-order chi connectivity index (χ1) is 17.9.